The number of aromatic nitrogens is 2. The lowest BCUT2D eigenvalue weighted by atomic mass is 10.1. The molecule has 1 aliphatic rings. The molecule has 0 saturated heterocycles. The van der Waals surface area contributed by atoms with E-state index >= 15 is 0 Å². The van der Waals surface area contributed by atoms with Gasteiger partial charge in [-0.25, -0.2) is 4.98 Å². The zero-order chi connectivity index (χ0) is 14.8. The Balaban J connectivity index is 1.87. The number of carbonyl (C=O) groups excluding carboxylic acids is 1. The third-order valence-electron chi connectivity index (χ3n) is 3.24. The lowest BCUT2D eigenvalue weighted by Crippen LogP contribution is -2.00. The molecule has 0 aliphatic carbocycles. The molecule has 1 aromatic carbocycles. The number of ether oxygens (including phenoxy) is 1. The fraction of sp³-hybridized carbons (Fsp3) is 0.250. The monoisotopic (exact) mass is 300 g/mol. The van der Waals surface area contributed by atoms with Crippen molar-refractivity contribution in [1.29, 1.82) is 0 Å². The molecule has 5 heteroatoms. The van der Waals surface area contributed by atoms with E-state index in [2.05, 4.69) is 11.6 Å². The van der Waals surface area contributed by atoms with Crippen molar-refractivity contribution in [2.45, 2.75) is 18.6 Å². The first kappa shape index (κ1) is 13.9. The average Bonchev–Trinajstić information content (AvgIpc) is 3.05. The molecule has 3 rings (SSSR count). The molecule has 4 nitrogen and oxygen atoms in total. The second-order valence-corrected chi connectivity index (χ2v) is 6.08. The number of aldehydes is 1. The van der Waals surface area contributed by atoms with Gasteiger partial charge in [-0.3, -0.25) is 4.79 Å². The molecule has 0 N–H and O–H groups in total. The van der Waals surface area contributed by atoms with Crippen LogP contribution in [0.25, 0.3) is 11.3 Å². The molecule has 0 amide bonds. The molecule has 0 radical (unpaired) electrons. The summed E-state index contributed by atoms with van der Waals surface area (Å²) in [7, 11) is 0. The minimum Gasteiger partial charge on any atom is -0.489 e. The van der Waals surface area contributed by atoms with Crippen LogP contribution in [0.5, 0.6) is 5.75 Å². The van der Waals surface area contributed by atoms with Crippen LogP contribution in [-0.4, -0.2) is 28.2 Å². The minimum atomic E-state index is 0.508. The summed E-state index contributed by atoms with van der Waals surface area (Å²) in [5.41, 5.74) is 3.32. The maximum absolute atomic E-state index is 11.4. The molecule has 0 atom stereocenters. The van der Waals surface area contributed by atoms with E-state index in [-0.39, 0.29) is 0 Å². The second kappa shape index (κ2) is 5.77. The van der Waals surface area contributed by atoms with Crippen molar-refractivity contribution in [1.82, 2.24) is 9.55 Å². The Morgan fingerprint density at radius 2 is 2.24 bits per heavy atom. The van der Waals surface area contributed by atoms with E-state index in [1.807, 2.05) is 35.8 Å². The van der Waals surface area contributed by atoms with Crippen LogP contribution in [0, 0.1) is 0 Å². The molecule has 0 unspecified atom stereocenters. The predicted octanol–water partition coefficient (Wildman–Crippen LogP) is 3.42. The minimum absolute atomic E-state index is 0.508. The van der Waals surface area contributed by atoms with Crippen LogP contribution in [0.15, 0.2) is 41.6 Å². The number of carbonyl (C=O) groups is 1. The number of nitrogens with zero attached hydrogens (tertiary/aromatic N) is 2. The zero-order valence-corrected chi connectivity index (χ0v) is 12.7. The topological polar surface area (TPSA) is 44.1 Å². The van der Waals surface area contributed by atoms with Gasteiger partial charge >= 0.3 is 0 Å². The molecule has 0 spiro atoms. The largest absolute Gasteiger partial charge is 0.489 e. The number of thioether (sulfide) groups is 1. The summed E-state index contributed by atoms with van der Waals surface area (Å²) in [5, 5.41) is 0.926. The van der Waals surface area contributed by atoms with Gasteiger partial charge in [-0.15, -0.1) is 0 Å². The van der Waals surface area contributed by atoms with Crippen LogP contribution in [0.1, 0.15) is 17.4 Å². The smallest absolute Gasteiger partial charge is 0.169 e. The maximum Gasteiger partial charge on any atom is 0.169 e. The number of fused-ring (bicyclic) bond motifs is 1. The Bertz CT molecular complexity index is 689. The number of hydrogen-bond donors (Lipinski definition) is 0. The van der Waals surface area contributed by atoms with E-state index in [4.69, 9.17) is 4.74 Å². The molecule has 1 aliphatic heterocycles. The highest BCUT2D eigenvalue weighted by molar-refractivity contribution is 7.99. The molecule has 0 saturated carbocycles. The van der Waals surface area contributed by atoms with Gasteiger partial charge in [0.25, 0.3) is 0 Å². The first-order valence-corrected chi connectivity index (χ1v) is 7.73. The van der Waals surface area contributed by atoms with Gasteiger partial charge in [0.05, 0.1) is 0 Å². The van der Waals surface area contributed by atoms with Crippen LogP contribution < -0.4 is 4.74 Å². The van der Waals surface area contributed by atoms with E-state index in [0.717, 1.165) is 46.3 Å². The first-order chi connectivity index (χ1) is 10.2. The first-order valence-electron chi connectivity index (χ1n) is 6.75. The van der Waals surface area contributed by atoms with Crippen LogP contribution in [0.2, 0.25) is 0 Å². The van der Waals surface area contributed by atoms with Gasteiger partial charge in [0.1, 0.15) is 23.7 Å². The summed E-state index contributed by atoms with van der Waals surface area (Å²) in [4.78, 5) is 15.9. The molecule has 2 aromatic rings. The van der Waals surface area contributed by atoms with E-state index in [9.17, 15) is 4.79 Å². The van der Waals surface area contributed by atoms with Gasteiger partial charge in [-0.05, 0) is 36.8 Å². The van der Waals surface area contributed by atoms with Gasteiger partial charge in [-0.2, -0.15) is 0 Å². The van der Waals surface area contributed by atoms with Gasteiger partial charge < -0.3 is 9.30 Å². The van der Waals surface area contributed by atoms with Crippen LogP contribution in [0.3, 0.4) is 0 Å². The van der Waals surface area contributed by atoms with Crippen LogP contribution in [-0.2, 0) is 6.54 Å². The molecule has 2 heterocycles. The highest BCUT2D eigenvalue weighted by Gasteiger charge is 2.22. The zero-order valence-electron chi connectivity index (χ0n) is 11.8. The Labute approximate surface area is 127 Å². The number of imidazole rings is 1. The Morgan fingerprint density at radius 3 is 2.90 bits per heavy atom. The average molecular weight is 300 g/mol. The third-order valence-corrected chi connectivity index (χ3v) is 4.20. The normalized spacial score (nSPS) is 13.0. The third kappa shape index (κ3) is 2.74. The standard InChI is InChI=1S/C16H16N2O2S/c1-11(2)10-20-13-5-3-12(4-6-13)15-14(9-19)18-7-8-21-16(18)17-15/h3-6,9H,1,7-8,10H2,2H3. The van der Waals surface area contributed by atoms with Crippen LogP contribution in [0.4, 0.5) is 0 Å². The summed E-state index contributed by atoms with van der Waals surface area (Å²) in [5.74, 6) is 1.77. The van der Waals surface area contributed by atoms with E-state index in [0.29, 0.717) is 12.3 Å². The van der Waals surface area contributed by atoms with Crippen molar-refractivity contribution in [2.75, 3.05) is 12.4 Å². The fourth-order valence-corrected chi connectivity index (χ4v) is 3.20. The molecule has 1 aromatic heterocycles. The van der Waals surface area contributed by atoms with Crippen molar-refractivity contribution in [3.8, 4) is 17.0 Å². The maximum atomic E-state index is 11.4. The van der Waals surface area contributed by atoms with Crippen molar-refractivity contribution >= 4 is 18.0 Å². The summed E-state index contributed by atoms with van der Waals surface area (Å²) >= 11 is 1.69. The summed E-state index contributed by atoms with van der Waals surface area (Å²) in [6, 6.07) is 7.65. The highest BCUT2D eigenvalue weighted by atomic mass is 32.2. The Kier molecular flexibility index (Phi) is 3.84. The highest BCUT2D eigenvalue weighted by Crippen LogP contribution is 2.32. The molecule has 0 fully saturated rings. The van der Waals surface area contributed by atoms with Gasteiger partial charge in [0.2, 0.25) is 0 Å². The van der Waals surface area contributed by atoms with Gasteiger partial charge in [0.15, 0.2) is 11.4 Å². The van der Waals surface area contributed by atoms with E-state index in [1.54, 1.807) is 11.8 Å². The molecule has 108 valence electrons. The summed E-state index contributed by atoms with van der Waals surface area (Å²) in [6.07, 6.45) is 0.892. The lowest BCUT2D eigenvalue weighted by molar-refractivity contribution is 0.111. The second-order valence-electron chi connectivity index (χ2n) is 5.02. The quantitative estimate of drug-likeness (QED) is 0.627. The number of hydrogen-bond acceptors (Lipinski definition) is 4. The predicted molar refractivity (Wildman–Crippen MR) is 84.1 cm³/mol. The van der Waals surface area contributed by atoms with Gasteiger partial charge in [0, 0.05) is 17.9 Å². The number of benzene rings is 1. The van der Waals surface area contributed by atoms with Crippen molar-refractivity contribution in [2.24, 2.45) is 0 Å². The summed E-state index contributed by atoms with van der Waals surface area (Å²) < 4.78 is 7.56. The Morgan fingerprint density at radius 1 is 1.48 bits per heavy atom. The fourth-order valence-electron chi connectivity index (χ4n) is 2.25. The molecular weight excluding hydrogens is 284 g/mol. The summed E-state index contributed by atoms with van der Waals surface area (Å²) in [6.45, 7) is 7.09. The van der Waals surface area contributed by atoms with Gasteiger partial charge in [-0.1, -0.05) is 18.3 Å². The lowest BCUT2D eigenvalue weighted by Gasteiger charge is -2.06. The van der Waals surface area contributed by atoms with Crippen molar-refractivity contribution < 1.29 is 9.53 Å². The van der Waals surface area contributed by atoms with Crippen LogP contribution >= 0.6 is 11.8 Å². The van der Waals surface area contributed by atoms with E-state index in [1.165, 1.54) is 0 Å². The molecule has 21 heavy (non-hydrogen) atoms. The number of rotatable bonds is 5. The SMILES string of the molecule is C=C(C)COc1ccc(-c2nc3n(c2C=O)CCS3)cc1. The molecule has 0 bridgehead atoms. The molecular formula is C16H16N2O2S. The van der Waals surface area contributed by atoms with E-state index < -0.39 is 0 Å². The van der Waals surface area contributed by atoms with Crippen molar-refractivity contribution in [3.63, 3.8) is 0 Å². The van der Waals surface area contributed by atoms with Crippen molar-refractivity contribution in [3.05, 3.63) is 42.1 Å². The Hall–Kier alpha value is -2.01.